The number of hydrogen-bond donors (Lipinski definition) is 1. The normalized spacial score (nSPS) is 21.5. The van der Waals surface area contributed by atoms with Crippen LogP contribution in [0, 0.1) is 11.8 Å². The third-order valence-electron chi connectivity index (χ3n) is 3.22. The van der Waals surface area contributed by atoms with Crippen LogP contribution in [0.5, 0.6) is 0 Å². The molecule has 1 rings (SSSR count). The smallest absolute Gasteiger partial charge is 0.322 e. The Morgan fingerprint density at radius 2 is 2.24 bits per heavy atom. The Morgan fingerprint density at radius 3 is 2.76 bits per heavy atom. The summed E-state index contributed by atoms with van der Waals surface area (Å²) in [5, 5.41) is 3.36. The van der Waals surface area contributed by atoms with Gasteiger partial charge in [0.15, 0.2) is 0 Å². The van der Waals surface area contributed by atoms with Gasteiger partial charge in [-0.1, -0.05) is 26.0 Å². The van der Waals surface area contributed by atoms with Gasteiger partial charge in [-0.15, -0.1) is 0 Å². The van der Waals surface area contributed by atoms with Crippen molar-refractivity contribution in [3.05, 3.63) is 12.2 Å². The predicted molar refractivity (Wildman–Crippen MR) is 69.7 cm³/mol. The second kappa shape index (κ2) is 7.49. The fraction of sp³-hybridized carbons (Fsp3) is 0.786. The van der Waals surface area contributed by atoms with Crippen molar-refractivity contribution in [3.63, 3.8) is 0 Å². The van der Waals surface area contributed by atoms with Crippen LogP contribution >= 0.6 is 0 Å². The van der Waals surface area contributed by atoms with E-state index in [1.54, 1.807) is 0 Å². The first-order valence-electron chi connectivity index (χ1n) is 6.59. The molecule has 0 aromatic carbocycles. The molecule has 0 spiro atoms. The lowest BCUT2D eigenvalue weighted by atomic mass is 9.93. The first-order chi connectivity index (χ1) is 8.13. The van der Waals surface area contributed by atoms with Crippen LogP contribution in [-0.2, 0) is 9.53 Å². The number of nitrogens with one attached hydrogen (secondary N) is 1. The lowest BCUT2D eigenvalue weighted by Crippen LogP contribution is -2.41. The summed E-state index contributed by atoms with van der Waals surface area (Å²) in [7, 11) is 1.46. The molecule has 2 atom stereocenters. The maximum Gasteiger partial charge on any atom is 0.322 e. The summed E-state index contributed by atoms with van der Waals surface area (Å²) >= 11 is 0. The van der Waals surface area contributed by atoms with Crippen LogP contribution in [0.25, 0.3) is 0 Å². The van der Waals surface area contributed by atoms with E-state index in [2.05, 4.69) is 31.3 Å². The van der Waals surface area contributed by atoms with Gasteiger partial charge in [-0.25, -0.2) is 0 Å². The summed E-state index contributed by atoms with van der Waals surface area (Å²) < 4.78 is 4.84. The van der Waals surface area contributed by atoms with E-state index < -0.39 is 0 Å². The molecule has 0 saturated carbocycles. The summed E-state index contributed by atoms with van der Waals surface area (Å²) in [5.74, 6) is 1.03. The Balaban J connectivity index is 2.37. The lowest BCUT2D eigenvalue weighted by molar-refractivity contribution is -0.143. The summed E-state index contributed by atoms with van der Waals surface area (Å²) in [6.45, 7) is 5.17. The van der Waals surface area contributed by atoms with Gasteiger partial charge in [0.2, 0.25) is 0 Å². The first-order valence-corrected chi connectivity index (χ1v) is 6.59. The van der Waals surface area contributed by atoms with Crippen molar-refractivity contribution in [1.82, 2.24) is 5.32 Å². The number of hydrogen-bond acceptors (Lipinski definition) is 3. The Morgan fingerprint density at radius 1 is 1.47 bits per heavy atom. The third kappa shape index (κ3) is 5.35. The standard InChI is InChI=1S/C14H25NO2/c1-11(2)9-13(14(16)17-3)15-10-12-7-5-4-6-8-12/h4-5,11-13,15H,6-10H2,1-3H3. The SMILES string of the molecule is COC(=O)C(CC(C)C)NCC1CC=CCC1. The highest BCUT2D eigenvalue weighted by molar-refractivity contribution is 5.75. The highest BCUT2D eigenvalue weighted by Crippen LogP contribution is 2.17. The minimum atomic E-state index is -0.147. The molecule has 0 aliphatic heterocycles. The summed E-state index contributed by atoms with van der Waals surface area (Å²) in [6.07, 6.45) is 8.84. The molecule has 0 amide bonds. The Labute approximate surface area is 105 Å². The van der Waals surface area contributed by atoms with Crippen LogP contribution in [0.3, 0.4) is 0 Å². The van der Waals surface area contributed by atoms with Gasteiger partial charge in [0, 0.05) is 0 Å². The summed E-state index contributed by atoms with van der Waals surface area (Å²) in [6, 6.07) is -0.147. The maximum atomic E-state index is 11.6. The number of rotatable bonds is 6. The van der Waals surface area contributed by atoms with E-state index in [0.717, 1.165) is 19.4 Å². The molecule has 0 fully saturated rings. The van der Waals surface area contributed by atoms with Crippen LogP contribution < -0.4 is 5.32 Å². The molecule has 3 nitrogen and oxygen atoms in total. The Hall–Kier alpha value is -0.830. The van der Waals surface area contributed by atoms with Crippen LogP contribution in [0.2, 0.25) is 0 Å². The average molecular weight is 239 g/mol. The van der Waals surface area contributed by atoms with Crippen molar-refractivity contribution in [2.75, 3.05) is 13.7 Å². The molecule has 1 N–H and O–H groups in total. The zero-order chi connectivity index (χ0) is 12.7. The zero-order valence-corrected chi connectivity index (χ0v) is 11.2. The average Bonchev–Trinajstić information content (AvgIpc) is 2.34. The molecule has 98 valence electrons. The number of carbonyl (C=O) groups is 1. The van der Waals surface area contributed by atoms with E-state index in [1.807, 2.05) is 0 Å². The van der Waals surface area contributed by atoms with E-state index in [9.17, 15) is 4.79 Å². The lowest BCUT2D eigenvalue weighted by Gasteiger charge is -2.23. The first kappa shape index (κ1) is 14.2. The number of ether oxygens (including phenoxy) is 1. The maximum absolute atomic E-state index is 11.6. The van der Waals surface area contributed by atoms with Crippen molar-refractivity contribution in [2.45, 2.75) is 45.6 Å². The molecule has 2 unspecified atom stereocenters. The molecular weight excluding hydrogens is 214 g/mol. The molecule has 0 aromatic heterocycles. The molecule has 1 aliphatic rings. The van der Waals surface area contributed by atoms with E-state index in [0.29, 0.717) is 11.8 Å². The summed E-state index contributed by atoms with van der Waals surface area (Å²) in [4.78, 5) is 11.6. The van der Waals surface area contributed by atoms with Crippen LogP contribution in [0.15, 0.2) is 12.2 Å². The van der Waals surface area contributed by atoms with Crippen LogP contribution in [0.4, 0.5) is 0 Å². The van der Waals surface area contributed by atoms with Gasteiger partial charge in [-0.05, 0) is 44.1 Å². The van der Waals surface area contributed by atoms with Crippen LogP contribution in [0.1, 0.15) is 39.5 Å². The fourth-order valence-electron chi connectivity index (χ4n) is 2.23. The molecule has 0 radical (unpaired) electrons. The quantitative estimate of drug-likeness (QED) is 0.572. The Bertz CT molecular complexity index is 261. The monoisotopic (exact) mass is 239 g/mol. The number of allylic oxidation sites excluding steroid dienone is 2. The molecule has 0 heterocycles. The highest BCUT2D eigenvalue weighted by atomic mass is 16.5. The largest absolute Gasteiger partial charge is 0.468 e. The van der Waals surface area contributed by atoms with Crippen molar-refractivity contribution in [2.24, 2.45) is 11.8 Å². The van der Waals surface area contributed by atoms with Crippen LogP contribution in [-0.4, -0.2) is 25.7 Å². The topological polar surface area (TPSA) is 38.3 Å². The fourth-order valence-corrected chi connectivity index (χ4v) is 2.23. The van der Waals surface area contributed by atoms with E-state index in [-0.39, 0.29) is 12.0 Å². The van der Waals surface area contributed by atoms with Crippen molar-refractivity contribution >= 4 is 5.97 Å². The number of carbonyl (C=O) groups excluding carboxylic acids is 1. The zero-order valence-electron chi connectivity index (χ0n) is 11.2. The minimum Gasteiger partial charge on any atom is -0.468 e. The van der Waals surface area contributed by atoms with Crippen molar-refractivity contribution in [1.29, 1.82) is 0 Å². The molecule has 3 heteroatoms. The van der Waals surface area contributed by atoms with E-state index >= 15 is 0 Å². The molecule has 17 heavy (non-hydrogen) atoms. The van der Waals surface area contributed by atoms with Gasteiger partial charge in [0.1, 0.15) is 6.04 Å². The van der Waals surface area contributed by atoms with E-state index in [1.165, 1.54) is 20.0 Å². The minimum absolute atomic E-state index is 0.134. The molecular formula is C14H25NO2. The molecule has 0 bridgehead atoms. The highest BCUT2D eigenvalue weighted by Gasteiger charge is 2.21. The number of esters is 1. The van der Waals surface area contributed by atoms with Gasteiger partial charge in [0.05, 0.1) is 7.11 Å². The molecule has 0 aromatic rings. The summed E-state index contributed by atoms with van der Waals surface area (Å²) in [5.41, 5.74) is 0. The second-order valence-electron chi connectivity index (χ2n) is 5.26. The van der Waals surface area contributed by atoms with Gasteiger partial charge in [-0.2, -0.15) is 0 Å². The molecule has 1 aliphatic carbocycles. The van der Waals surface area contributed by atoms with Crippen molar-refractivity contribution < 1.29 is 9.53 Å². The van der Waals surface area contributed by atoms with Gasteiger partial charge < -0.3 is 10.1 Å². The van der Waals surface area contributed by atoms with Gasteiger partial charge >= 0.3 is 5.97 Å². The Kier molecular flexibility index (Phi) is 6.27. The van der Waals surface area contributed by atoms with Gasteiger partial charge in [0.25, 0.3) is 0 Å². The van der Waals surface area contributed by atoms with Crippen molar-refractivity contribution in [3.8, 4) is 0 Å². The van der Waals surface area contributed by atoms with E-state index in [4.69, 9.17) is 4.74 Å². The predicted octanol–water partition coefficient (Wildman–Crippen LogP) is 2.52. The number of methoxy groups -OCH3 is 1. The molecule has 0 saturated heterocycles. The third-order valence-corrected chi connectivity index (χ3v) is 3.22. The van der Waals surface area contributed by atoms with Gasteiger partial charge in [-0.3, -0.25) is 4.79 Å². The second-order valence-corrected chi connectivity index (χ2v) is 5.26.